The van der Waals surface area contributed by atoms with Gasteiger partial charge in [-0.1, -0.05) is 6.92 Å². The number of rotatable bonds is 2. The largest absolute Gasteiger partial charge is 0.349 e. The lowest BCUT2D eigenvalue weighted by molar-refractivity contribution is 0.0937. The van der Waals surface area contributed by atoms with Crippen LogP contribution in [0.3, 0.4) is 0 Å². The van der Waals surface area contributed by atoms with Crippen molar-refractivity contribution >= 4 is 21.8 Å². The maximum atomic E-state index is 11.9. The fraction of sp³-hybridized carbons (Fsp3) is 0.500. The highest BCUT2D eigenvalue weighted by Gasteiger charge is 2.23. The molecule has 2 rings (SSSR count). The summed E-state index contributed by atoms with van der Waals surface area (Å²) in [5, 5.41) is 3.05. The Balaban J connectivity index is 1.95. The van der Waals surface area contributed by atoms with E-state index in [-0.39, 0.29) is 5.91 Å². The van der Waals surface area contributed by atoms with Crippen LogP contribution < -0.4 is 5.32 Å². The van der Waals surface area contributed by atoms with Gasteiger partial charge in [-0.15, -0.1) is 0 Å². The highest BCUT2D eigenvalue weighted by molar-refractivity contribution is 9.10. The number of carbonyl (C=O) groups excluding carboxylic acids is 1. The number of hydrogen-bond donors (Lipinski definition) is 1. The van der Waals surface area contributed by atoms with Crippen LogP contribution in [0.2, 0.25) is 0 Å². The van der Waals surface area contributed by atoms with E-state index in [0.717, 1.165) is 23.4 Å². The minimum atomic E-state index is -0.0147. The topological polar surface area (TPSA) is 42.0 Å². The smallest absolute Gasteiger partial charge is 0.253 e. The van der Waals surface area contributed by atoms with Crippen LogP contribution in [0.25, 0.3) is 0 Å². The molecule has 1 aromatic rings. The Kier molecular flexibility index (Phi) is 3.59. The molecule has 2 atom stereocenters. The Morgan fingerprint density at radius 2 is 2.31 bits per heavy atom. The normalized spacial score (nSPS) is 24.4. The van der Waals surface area contributed by atoms with Gasteiger partial charge in [-0.2, -0.15) is 0 Å². The van der Waals surface area contributed by atoms with E-state index in [9.17, 15) is 4.79 Å². The second kappa shape index (κ2) is 4.95. The molecule has 0 aromatic carbocycles. The summed E-state index contributed by atoms with van der Waals surface area (Å²) in [5.74, 6) is 0.715. The van der Waals surface area contributed by atoms with Gasteiger partial charge in [0.1, 0.15) is 4.60 Å². The summed E-state index contributed by atoms with van der Waals surface area (Å²) in [5.41, 5.74) is 0.628. The highest BCUT2D eigenvalue weighted by atomic mass is 79.9. The van der Waals surface area contributed by atoms with Gasteiger partial charge >= 0.3 is 0 Å². The molecule has 1 aliphatic rings. The summed E-state index contributed by atoms with van der Waals surface area (Å²) >= 11 is 3.25. The fourth-order valence-corrected chi connectivity index (χ4v) is 2.35. The van der Waals surface area contributed by atoms with Crippen LogP contribution in [0.5, 0.6) is 0 Å². The molecule has 1 amide bonds. The van der Waals surface area contributed by atoms with Gasteiger partial charge in [-0.3, -0.25) is 4.79 Å². The monoisotopic (exact) mass is 282 g/mol. The third-order valence-electron chi connectivity index (χ3n) is 3.02. The molecule has 0 aliphatic heterocycles. The van der Waals surface area contributed by atoms with Gasteiger partial charge in [0.25, 0.3) is 5.91 Å². The maximum absolute atomic E-state index is 11.9. The predicted molar refractivity (Wildman–Crippen MR) is 66.2 cm³/mol. The molecule has 2 unspecified atom stereocenters. The second-order valence-corrected chi connectivity index (χ2v) is 5.27. The van der Waals surface area contributed by atoms with Crippen LogP contribution in [0.15, 0.2) is 22.9 Å². The van der Waals surface area contributed by atoms with Crippen molar-refractivity contribution in [2.45, 2.75) is 32.2 Å². The molecule has 3 nitrogen and oxygen atoms in total. The molecule has 1 fully saturated rings. The number of carbonyl (C=O) groups is 1. The van der Waals surface area contributed by atoms with Gasteiger partial charge < -0.3 is 5.32 Å². The number of hydrogen-bond acceptors (Lipinski definition) is 2. The van der Waals surface area contributed by atoms with Crippen molar-refractivity contribution in [2.75, 3.05) is 0 Å². The zero-order chi connectivity index (χ0) is 11.5. The second-order valence-electron chi connectivity index (χ2n) is 4.46. The van der Waals surface area contributed by atoms with Crippen LogP contribution in [0.1, 0.15) is 36.5 Å². The van der Waals surface area contributed by atoms with Crippen molar-refractivity contribution < 1.29 is 4.79 Å². The molecule has 0 spiro atoms. The minimum absolute atomic E-state index is 0.0147. The van der Waals surface area contributed by atoms with Crippen molar-refractivity contribution in [3.05, 3.63) is 28.5 Å². The van der Waals surface area contributed by atoms with E-state index in [1.165, 1.54) is 6.42 Å². The molecule has 0 radical (unpaired) electrons. The third-order valence-corrected chi connectivity index (χ3v) is 3.49. The number of pyridine rings is 1. The highest BCUT2D eigenvalue weighted by Crippen LogP contribution is 2.24. The first-order valence-corrected chi connectivity index (χ1v) is 6.37. The molecule has 0 saturated heterocycles. The predicted octanol–water partition coefficient (Wildman–Crippen LogP) is 2.76. The van der Waals surface area contributed by atoms with Gasteiger partial charge in [-0.05, 0) is 53.2 Å². The Morgan fingerprint density at radius 3 is 2.88 bits per heavy atom. The first-order valence-electron chi connectivity index (χ1n) is 5.57. The van der Waals surface area contributed by atoms with Crippen LogP contribution >= 0.6 is 15.9 Å². The number of amides is 1. The molecular formula is C12H15BrN2O. The van der Waals surface area contributed by atoms with Gasteiger partial charge in [-0.25, -0.2) is 4.98 Å². The van der Waals surface area contributed by atoms with Gasteiger partial charge in [0.15, 0.2) is 0 Å². The Labute approximate surface area is 104 Å². The Bertz CT molecular complexity index is 377. The molecule has 1 aromatic heterocycles. The van der Waals surface area contributed by atoms with E-state index < -0.39 is 0 Å². The van der Waals surface area contributed by atoms with Crippen LogP contribution in [-0.4, -0.2) is 16.9 Å². The maximum Gasteiger partial charge on any atom is 0.253 e. The first-order chi connectivity index (χ1) is 7.65. The summed E-state index contributed by atoms with van der Waals surface area (Å²) in [7, 11) is 0. The zero-order valence-corrected chi connectivity index (χ0v) is 10.8. The molecule has 16 heavy (non-hydrogen) atoms. The molecule has 0 bridgehead atoms. The lowest BCUT2D eigenvalue weighted by Crippen LogP contribution is -2.32. The molecule has 86 valence electrons. The fourth-order valence-electron chi connectivity index (χ4n) is 2.12. The van der Waals surface area contributed by atoms with E-state index in [0.29, 0.717) is 11.6 Å². The quantitative estimate of drug-likeness (QED) is 0.848. The van der Waals surface area contributed by atoms with E-state index in [1.54, 1.807) is 18.3 Å². The molecule has 1 saturated carbocycles. The molecule has 1 heterocycles. The lowest BCUT2D eigenvalue weighted by Gasteiger charge is -2.12. The van der Waals surface area contributed by atoms with Crippen molar-refractivity contribution in [2.24, 2.45) is 5.92 Å². The van der Waals surface area contributed by atoms with Crippen molar-refractivity contribution in [1.29, 1.82) is 0 Å². The van der Waals surface area contributed by atoms with Gasteiger partial charge in [0.2, 0.25) is 0 Å². The van der Waals surface area contributed by atoms with Crippen LogP contribution in [0.4, 0.5) is 0 Å². The van der Waals surface area contributed by atoms with E-state index in [2.05, 4.69) is 33.2 Å². The van der Waals surface area contributed by atoms with E-state index in [1.807, 2.05) is 0 Å². The zero-order valence-electron chi connectivity index (χ0n) is 9.24. The summed E-state index contributed by atoms with van der Waals surface area (Å²) in [6.07, 6.45) is 4.99. The Hall–Kier alpha value is -0.900. The summed E-state index contributed by atoms with van der Waals surface area (Å²) in [6.45, 7) is 2.23. The van der Waals surface area contributed by atoms with Crippen LogP contribution in [-0.2, 0) is 0 Å². The van der Waals surface area contributed by atoms with Gasteiger partial charge in [0, 0.05) is 12.2 Å². The van der Waals surface area contributed by atoms with Crippen molar-refractivity contribution in [3.63, 3.8) is 0 Å². The summed E-state index contributed by atoms with van der Waals surface area (Å²) < 4.78 is 0.749. The minimum Gasteiger partial charge on any atom is -0.349 e. The average molecular weight is 283 g/mol. The summed E-state index contributed by atoms with van der Waals surface area (Å²) in [4.78, 5) is 15.9. The number of nitrogens with one attached hydrogen (secondary N) is 1. The first kappa shape index (κ1) is 11.6. The molecule has 1 aliphatic carbocycles. The van der Waals surface area contributed by atoms with Crippen molar-refractivity contribution in [1.82, 2.24) is 10.3 Å². The Morgan fingerprint density at radius 1 is 1.50 bits per heavy atom. The SMILES string of the molecule is CC1CCC(NC(=O)c2ccc(Br)nc2)C1. The van der Waals surface area contributed by atoms with E-state index >= 15 is 0 Å². The molecular weight excluding hydrogens is 268 g/mol. The average Bonchev–Trinajstić information content (AvgIpc) is 2.65. The van der Waals surface area contributed by atoms with E-state index in [4.69, 9.17) is 0 Å². The van der Waals surface area contributed by atoms with Crippen molar-refractivity contribution in [3.8, 4) is 0 Å². The summed E-state index contributed by atoms with van der Waals surface area (Å²) in [6, 6.07) is 3.91. The standard InChI is InChI=1S/C12H15BrN2O/c1-8-2-4-10(6-8)15-12(16)9-3-5-11(13)14-7-9/h3,5,7-8,10H,2,4,6H2,1H3,(H,15,16). The number of halogens is 1. The molecule has 4 heteroatoms. The van der Waals surface area contributed by atoms with Gasteiger partial charge in [0.05, 0.1) is 5.56 Å². The van der Waals surface area contributed by atoms with Crippen LogP contribution in [0, 0.1) is 5.92 Å². The number of nitrogens with zero attached hydrogens (tertiary/aromatic N) is 1. The molecule has 1 N–H and O–H groups in total. The number of aromatic nitrogens is 1. The third kappa shape index (κ3) is 2.82. The lowest BCUT2D eigenvalue weighted by atomic mass is 10.1.